The number of ether oxygens (including phenoxy) is 1. The molecule has 6 nitrogen and oxygen atoms in total. The van der Waals surface area contributed by atoms with Crippen LogP contribution in [0.1, 0.15) is 26.2 Å². The third-order valence-corrected chi connectivity index (χ3v) is 3.47. The summed E-state index contributed by atoms with van der Waals surface area (Å²) in [6, 6.07) is 4.64. The van der Waals surface area contributed by atoms with Gasteiger partial charge in [0.1, 0.15) is 5.75 Å². The van der Waals surface area contributed by atoms with Gasteiger partial charge in [-0.1, -0.05) is 0 Å². The van der Waals surface area contributed by atoms with Crippen molar-refractivity contribution in [1.82, 2.24) is 0 Å². The minimum absolute atomic E-state index is 0. The van der Waals surface area contributed by atoms with Gasteiger partial charge in [0.05, 0.1) is 18.8 Å². The maximum Gasteiger partial charge on any atom is 0.240 e. The number of nitrogens with two attached hydrogens (primary N) is 1. The summed E-state index contributed by atoms with van der Waals surface area (Å²) < 4.78 is 5.32. The van der Waals surface area contributed by atoms with Gasteiger partial charge < -0.3 is 20.7 Å². The number of nitrogens with zero attached hydrogens (tertiary/aromatic N) is 1. The molecular weight excluding hydrogens is 306 g/mol. The third-order valence-electron chi connectivity index (χ3n) is 3.47. The molecular formula is C15H22ClN3O3. The standard InChI is InChI=1S/C15H21N3O3.ClH/c1-10(16)15(20)17-11-6-7-13(21-2)12(9-11)18-8-4-3-5-14(18)19;/h6-7,9-10H,3-5,8,16H2,1-2H3,(H,17,20);1H/t10-;/m0./s1. The molecule has 0 saturated carbocycles. The highest BCUT2D eigenvalue weighted by molar-refractivity contribution is 5.98. The van der Waals surface area contributed by atoms with Crippen molar-refractivity contribution in [2.24, 2.45) is 5.73 Å². The van der Waals surface area contributed by atoms with Crippen LogP contribution >= 0.6 is 12.4 Å². The number of rotatable bonds is 4. The van der Waals surface area contributed by atoms with E-state index >= 15 is 0 Å². The molecule has 122 valence electrons. The number of halogens is 1. The van der Waals surface area contributed by atoms with Crippen molar-refractivity contribution >= 4 is 35.6 Å². The van der Waals surface area contributed by atoms with Gasteiger partial charge in [-0.3, -0.25) is 9.59 Å². The van der Waals surface area contributed by atoms with Crippen molar-refractivity contribution in [2.45, 2.75) is 32.2 Å². The number of amides is 2. The first-order valence-electron chi connectivity index (χ1n) is 7.08. The van der Waals surface area contributed by atoms with Crippen LogP contribution in [0.5, 0.6) is 5.75 Å². The molecule has 0 unspecified atom stereocenters. The molecule has 1 aliphatic heterocycles. The monoisotopic (exact) mass is 327 g/mol. The Labute approximate surface area is 136 Å². The maximum atomic E-state index is 12.1. The van der Waals surface area contributed by atoms with E-state index in [4.69, 9.17) is 10.5 Å². The van der Waals surface area contributed by atoms with Crippen LogP contribution in [0.3, 0.4) is 0 Å². The van der Waals surface area contributed by atoms with Crippen molar-refractivity contribution < 1.29 is 14.3 Å². The molecule has 7 heteroatoms. The first-order valence-corrected chi connectivity index (χ1v) is 7.08. The van der Waals surface area contributed by atoms with Crippen LogP contribution < -0.4 is 20.7 Å². The lowest BCUT2D eigenvalue weighted by molar-refractivity contribution is -0.119. The van der Waals surface area contributed by atoms with Gasteiger partial charge in [-0.2, -0.15) is 0 Å². The van der Waals surface area contributed by atoms with Crippen LogP contribution in [0, 0.1) is 0 Å². The van der Waals surface area contributed by atoms with Gasteiger partial charge in [0.2, 0.25) is 11.8 Å². The van der Waals surface area contributed by atoms with Crippen LogP contribution in [-0.2, 0) is 9.59 Å². The normalized spacial score (nSPS) is 15.8. The summed E-state index contributed by atoms with van der Waals surface area (Å²) in [6.45, 7) is 2.29. The first kappa shape index (κ1) is 18.3. The molecule has 0 radical (unpaired) electrons. The van der Waals surface area contributed by atoms with Crippen LogP contribution in [0.4, 0.5) is 11.4 Å². The van der Waals surface area contributed by atoms with Crippen LogP contribution in [-0.4, -0.2) is 31.5 Å². The van der Waals surface area contributed by atoms with E-state index in [1.807, 2.05) is 0 Å². The van der Waals surface area contributed by atoms with Crippen molar-refractivity contribution in [1.29, 1.82) is 0 Å². The van der Waals surface area contributed by atoms with E-state index in [9.17, 15) is 9.59 Å². The zero-order chi connectivity index (χ0) is 15.4. The van der Waals surface area contributed by atoms with Gasteiger partial charge in [-0.15, -0.1) is 12.4 Å². The number of carbonyl (C=O) groups excluding carboxylic acids is 2. The van der Waals surface area contributed by atoms with Crippen molar-refractivity contribution in [3.63, 3.8) is 0 Å². The number of methoxy groups -OCH3 is 1. The Hall–Kier alpha value is -1.79. The molecule has 1 aromatic rings. The van der Waals surface area contributed by atoms with Gasteiger partial charge in [0.25, 0.3) is 0 Å². The lowest BCUT2D eigenvalue weighted by atomic mass is 10.1. The maximum absolute atomic E-state index is 12.1. The fourth-order valence-electron chi connectivity index (χ4n) is 2.30. The summed E-state index contributed by atoms with van der Waals surface area (Å²) in [5, 5.41) is 2.73. The Balaban J connectivity index is 0.00000242. The summed E-state index contributed by atoms with van der Waals surface area (Å²) in [4.78, 5) is 25.5. The number of nitrogens with one attached hydrogen (secondary N) is 1. The molecule has 2 amide bonds. The van der Waals surface area contributed by atoms with Crippen molar-refractivity contribution in [3.8, 4) is 5.75 Å². The molecule has 1 aromatic carbocycles. The molecule has 0 aromatic heterocycles. The quantitative estimate of drug-likeness (QED) is 0.884. The highest BCUT2D eigenvalue weighted by atomic mass is 35.5. The van der Waals surface area contributed by atoms with Crippen molar-refractivity contribution in [2.75, 3.05) is 23.9 Å². The second-order valence-electron chi connectivity index (χ2n) is 5.17. The molecule has 1 aliphatic rings. The fraction of sp³-hybridized carbons (Fsp3) is 0.467. The van der Waals surface area contributed by atoms with E-state index in [0.717, 1.165) is 12.8 Å². The van der Waals surface area contributed by atoms with E-state index in [1.165, 1.54) is 0 Å². The Morgan fingerprint density at radius 1 is 1.41 bits per heavy atom. The zero-order valence-electron chi connectivity index (χ0n) is 12.8. The minimum atomic E-state index is -0.591. The smallest absolute Gasteiger partial charge is 0.240 e. The molecule has 0 aliphatic carbocycles. The van der Waals surface area contributed by atoms with E-state index in [2.05, 4.69) is 5.32 Å². The predicted molar refractivity (Wildman–Crippen MR) is 88.7 cm³/mol. The summed E-state index contributed by atoms with van der Waals surface area (Å²) in [7, 11) is 1.56. The predicted octanol–water partition coefficient (Wildman–Crippen LogP) is 1.92. The minimum Gasteiger partial charge on any atom is -0.495 e. The second kappa shape index (κ2) is 8.00. The number of benzene rings is 1. The number of carbonyl (C=O) groups is 2. The Kier molecular flexibility index (Phi) is 6.64. The average molecular weight is 328 g/mol. The Bertz CT molecular complexity index is 549. The summed E-state index contributed by atoms with van der Waals surface area (Å²) in [5.74, 6) is 0.426. The lowest BCUT2D eigenvalue weighted by Crippen LogP contribution is -2.35. The SMILES string of the molecule is COc1ccc(NC(=O)[C@H](C)N)cc1N1CCCCC1=O.Cl. The molecule has 3 N–H and O–H groups in total. The van der Waals surface area contributed by atoms with E-state index in [0.29, 0.717) is 30.1 Å². The molecule has 22 heavy (non-hydrogen) atoms. The number of hydrogen-bond acceptors (Lipinski definition) is 4. The zero-order valence-corrected chi connectivity index (χ0v) is 13.6. The summed E-state index contributed by atoms with van der Waals surface area (Å²) >= 11 is 0. The number of anilines is 2. The van der Waals surface area contributed by atoms with E-state index in [1.54, 1.807) is 37.1 Å². The van der Waals surface area contributed by atoms with Crippen LogP contribution in [0.2, 0.25) is 0 Å². The van der Waals surface area contributed by atoms with Gasteiger partial charge in [-0.05, 0) is 38.0 Å². The van der Waals surface area contributed by atoms with Gasteiger partial charge in [0.15, 0.2) is 0 Å². The number of piperidine rings is 1. The Morgan fingerprint density at radius 2 is 2.14 bits per heavy atom. The fourth-order valence-corrected chi connectivity index (χ4v) is 2.30. The molecule has 0 bridgehead atoms. The summed E-state index contributed by atoms with van der Waals surface area (Å²) in [6.07, 6.45) is 2.42. The Morgan fingerprint density at radius 3 is 2.73 bits per heavy atom. The van der Waals surface area contributed by atoms with Gasteiger partial charge in [-0.25, -0.2) is 0 Å². The summed E-state index contributed by atoms with van der Waals surface area (Å²) in [5.41, 5.74) is 6.83. The number of hydrogen-bond donors (Lipinski definition) is 2. The van der Waals surface area contributed by atoms with Crippen molar-refractivity contribution in [3.05, 3.63) is 18.2 Å². The molecule has 1 saturated heterocycles. The molecule has 1 atom stereocenters. The lowest BCUT2D eigenvalue weighted by Gasteiger charge is -2.28. The molecule has 0 spiro atoms. The first-order chi connectivity index (χ1) is 10.0. The largest absolute Gasteiger partial charge is 0.495 e. The van der Waals surface area contributed by atoms with Gasteiger partial charge in [0, 0.05) is 18.7 Å². The van der Waals surface area contributed by atoms with E-state index < -0.39 is 6.04 Å². The highest BCUT2D eigenvalue weighted by Gasteiger charge is 2.23. The van der Waals surface area contributed by atoms with Crippen LogP contribution in [0.15, 0.2) is 18.2 Å². The van der Waals surface area contributed by atoms with Crippen LogP contribution in [0.25, 0.3) is 0 Å². The van der Waals surface area contributed by atoms with Gasteiger partial charge >= 0.3 is 0 Å². The topological polar surface area (TPSA) is 84.7 Å². The highest BCUT2D eigenvalue weighted by Crippen LogP contribution is 2.33. The van der Waals surface area contributed by atoms with E-state index in [-0.39, 0.29) is 24.2 Å². The third kappa shape index (κ3) is 4.11. The second-order valence-corrected chi connectivity index (χ2v) is 5.17. The molecule has 2 rings (SSSR count). The average Bonchev–Trinajstić information content (AvgIpc) is 2.47. The molecule has 1 heterocycles. The molecule has 1 fully saturated rings.